The molecule has 1 atom stereocenters. The monoisotopic (exact) mass is 670 g/mol. The Hall–Kier alpha value is -6.43. The number of hydrogen-bond donors (Lipinski definition) is 1. The molecule has 1 aliphatic rings. The number of benzene rings is 7. The Morgan fingerprint density at radius 2 is 1.10 bits per heavy atom. The van der Waals surface area contributed by atoms with E-state index in [1.165, 1.54) is 81.1 Å². The van der Waals surface area contributed by atoms with E-state index < -0.39 is 0 Å². The van der Waals surface area contributed by atoms with Crippen LogP contribution in [0, 0.1) is 0 Å². The van der Waals surface area contributed by atoms with E-state index in [0.717, 1.165) is 11.3 Å². The van der Waals surface area contributed by atoms with E-state index in [2.05, 4.69) is 178 Å². The van der Waals surface area contributed by atoms with Gasteiger partial charge >= 0.3 is 0 Å². The molecule has 7 aromatic carbocycles. The van der Waals surface area contributed by atoms with Crippen LogP contribution >= 0.6 is 11.3 Å². The fraction of sp³-hybridized carbons (Fsp3) is 0.0217. The van der Waals surface area contributed by atoms with E-state index >= 15 is 0 Å². The third kappa shape index (κ3) is 4.35. The maximum Gasteiger partial charge on any atom is 0.144 e. The number of fused-ring (bicyclic) bond motifs is 9. The van der Waals surface area contributed by atoms with Crippen LogP contribution in [-0.2, 0) is 0 Å². The largest absolute Gasteiger partial charge is 0.358 e. The Morgan fingerprint density at radius 3 is 1.94 bits per heavy atom. The summed E-state index contributed by atoms with van der Waals surface area (Å²) in [6, 6.07) is 59.4. The molecule has 10 aromatic rings. The lowest BCUT2D eigenvalue weighted by atomic mass is 10.0. The van der Waals surface area contributed by atoms with Crippen molar-refractivity contribution in [3.05, 3.63) is 174 Å². The number of nitrogens with one attached hydrogen (secondary N) is 1. The van der Waals surface area contributed by atoms with Crippen LogP contribution in [0.25, 0.3) is 76.2 Å². The second-order valence-electron chi connectivity index (χ2n) is 13.3. The number of nitrogens with zero attached hydrogens (tertiary/aromatic N) is 3. The summed E-state index contributed by atoms with van der Waals surface area (Å²) in [5.41, 5.74) is 11.8. The first-order valence-electron chi connectivity index (χ1n) is 17.3. The summed E-state index contributed by atoms with van der Waals surface area (Å²) in [6.07, 6.45) is 1.87. The molecule has 0 bridgehead atoms. The van der Waals surface area contributed by atoms with Crippen LogP contribution in [-0.4, -0.2) is 15.3 Å². The van der Waals surface area contributed by atoms with Crippen molar-refractivity contribution in [1.82, 2.24) is 9.13 Å². The molecule has 0 saturated carbocycles. The summed E-state index contributed by atoms with van der Waals surface area (Å²) < 4.78 is 6.06. The van der Waals surface area contributed by atoms with Crippen LogP contribution in [0.4, 0.5) is 5.69 Å². The second-order valence-corrected chi connectivity index (χ2v) is 14.3. The predicted octanol–water partition coefficient (Wildman–Crippen LogP) is 12.3. The quantitative estimate of drug-likeness (QED) is 0.199. The van der Waals surface area contributed by atoms with Gasteiger partial charge in [-0.25, -0.2) is 0 Å². The second kappa shape index (κ2) is 11.0. The van der Waals surface area contributed by atoms with Crippen molar-refractivity contribution in [2.45, 2.75) is 6.17 Å². The van der Waals surface area contributed by atoms with Crippen LogP contribution < -0.4 is 5.32 Å². The molecule has 1 N–H and O–H groups in total. The molecule has 0 saturated heterocycles. The highest BCUT2D eigenvalue weighted by Crippen LogP contribution is 2.41. The number of thiophene rings is 1. The Balaban J connectivity index is 1.05. The summed E-state index contributed by atoms with van der Waals surface area (Å²) in [5, 5.41) is 10.0. The van der Waals surface area contributed by atoms with Crippen molar-refractivity contribution in [3.8, 4) is 22.5 Å². The third-order valence-corrected chi connectivity index (χ3v) is 11.5. The van der Waals surface area contributed by atoms with Gasteiger partial charge in [-0.05, 0) is 77.4 Å². The van der Waals surface area contributed by atoms with Gasteiger partial charge in [-0.3, -0.25) is 4.99 Å². The van der Waals surface area contributed by atoms with Crippen molar-refractivity contribution in [2.75, 3.05) is 5.32 Å². The van der Waals surface area contributed by atoms with Gasteiger partial charge in [0.05, 0.1) is 32.6 Å². The van der Waals surface area contributed by atoms with Crippen LogP contribution in [0.2, 0.25) is 0 Å². The SMILES string of the molecule is C1=NC(c2cccc(-n3c4ccccc4c4ccc(-c5ccc6c(c5)c5ccccc5n6-c5ccccc5)cc43)c2)Nc2c1sc1ccccc21. The van der Waals surface area contributed by atoms with E-state index in [1.807, 2.05) is 6.21 Å². The van der Waals surface area contributed by atoms with E-state index in [-0.39, 0.29) is 6.17 Å². The Labute approximate surface area is 298 Å². The molecule has 240 valence electrons. The zero-order valence-electron chi connectivity index (χ0n) is 27.5. The van der Waals surface area contributed by atoms with Gasteiger partial charge in [-0.2, -0.15) is 0 Å². The van der Waals surface area contributed by atoms with Gasteiger partial charge in [0.1, 0.15) is 6.17 Å². The van der Waals surface area contributed by atoms with Gasteiger partial charge in [-0.1, -0.05) is 103 Å². The van der Waals surface area contributed by atoms with Crippen LogP contribution in [0.5, 0.6) is 0 Å². The fourth-order valence-electron chi connectivity index (χ4n) is 8.06. The molecule has 0 fully saturated rings. The first-order chi connectivity index (χ1) is 25.3. The molecule has 0 aliphatic carbocycles. The van der Waals surface area contributed by atoms with Crippen molar-refractivity contribution in [1.29, 1.82) is 0 Å². The minimum absolute atomic E-state index is 0.163. The first-order valence-corrected chi connectivity index (χ1v) is 18.1. The highest BCUT2D eigenvalue weighted by Gasteiger charge is 2.21. The highest BCUT2D eigenvalue weighted by atomic mass is 32.1. The van der Waals surface area contributed by atoms with Gasteiger partial charge < -0.3 is 14.5 Å². The Morgan fingerprint density at radius 1 is 0.471 bits per heavy atom. The Kier molecular flexibility index (Phi) is 6.15. The van der Waals surface area contributed by atoms with Gasteiger partial charge in [0.25, 0.3) is 0 Å². The lowest BCUT2D eigenvalue weighted by Gasteiger charge is -2.21. The molecule has 4 heterocycles. The highest BCUT2D eigenvalue weighted by molar-refractivity contribution is 7.21. The van der Waals surface area contributed by atoms with Gasteiger partial charge in [-0.15, -0.1) is 11.3 Å². The van der Waals surface area contributed by atoms with E-state index in [1.54, 1.807) is 11.3 Å². The minimum atomic E-state index is -0.163. The standard InChI is InChI=1S/C46H30N4S/c1-2-12-32(13-3-1)49-40-19-8-5-16-35(40)38-26-29(22-24-41(38)49)30-21-23-36-34-15-4-7-18-39(34)50(42(36)27-30)33-14-10-11-31(25-33)46-47-28-44-45(48-46)37-17-6-9-20-43(37)51-44/h1-28,46,48H. The lowest BCUT2D eigenvalue weighted by Crippen LogP contribution is -2.13. The molecular weight excluding hydrogens is 641 g/mol. The fourth-order valence-corrected chi connectivity index (χ4v) is 9.11. The third-order valence-electron chi connectivity index (χ3n) is 10.4. The van der Waals surface area contributed by atoms with Crippen molar-refractivity contribution >= 4 is 76.9 Å². The molecule has 51 heavy (non-hydrogen) atoms. The molecular formula is C46H30N4S. The topological polar surface area (TPSA) is 34.2 Å². The number of aliphatic imine (C=N–C) groups is 1. The van der Waals surface area contributed by atoms with E-state index in [4.69, 9.17) is 4.99 Å². The maximum atomic E-state index is 4.97. The van der Waals surface area contributed by atoms with Crippen LogP contribution in [0.1, 0.15) is 16.6 Å². The zero-order valence-corrected chi connectivity index (χ0v) is 28.3. The van der Waals surface area contributed by atoms with Crippen LogP contribution in [0.3, 0.4) is 0 Å². The average Bonchev–Trinajstić information content (AvgIpc) is 3.85. The number of rotatable bonds is 4. The van der Waals surface area contributed by atoms with Gasteiger partial charge in [0.2, 0.25) is 0 Å². The summed E-state index contributed by atoms with van der Waals surface area (Å²) >= 11 is 1.78. The number of anilines is 1. The summed E-state index contributed by atoms with van der Waals surface area (Å²) in [5.74, 6) is 0. The summed E-state index contributed by atoms with van der Waals surface area (Å²) in [4.78, 5) is 6.15. The minimum Gasteiger partial charge on any atom is -0.358 e. The van der Waals surface area contributed by atoms with E-state index in [0.29, 0.717) is 0 Å². The maximum absolute atomic E-state index is 4.97. The Bertz CT molecular complexity index is 3020. The summed E-state index contributed by atoms with van der Waals surface area (Å²) in [6.45, 7) is 0. The molecule has 3 aromatic heterocycles. The lowest BCUT2D eigenvalue weighted by molar-refractivity contribution is 0.836. The molecule has 11 rings (SSSR count). The summed E-state index contributed by atoms with van der Waals surface area (Å²) in [7, 11) is 0. The number of para-hydroxylation sites is 3. The van der Waals surface area contributed by atoms with E-state index in [9.17, 15) is 0 Å². The average molecular weight is 671 g/mol. The first kappa shape index (κ1) is 28.4. The number of aromatic nitrogens is 2. The van der Waals surface area contributed by atoms with Gasteiger partial charge in [0, 0.05) is 49.2 Å². The molecule has 0 amide bonds. The normalized spacial score (nSPS) is 14.2. The molecule has 5 heteroatoms. The van der Waals surface area contributed by atoms with Gasteiger partial charge in [0.15, 0.2) is 0 Å². The molecule has 4 nitrogen and oxygen atoms in total. The van der Waals surface area contributed by atoms with Crippen molar-refractivity contribution < 1.29 is 0 Å². The molecule has 0 radical (unpaired) electrons. The predicted molar refractivity (Wildman–Crippen MR) is 216 cm³/mol. The number of hydrogen-bond acceptors (Lipinski definition) is 3. The smallest absolute Gasteiger partial charge is 0.144 e. The molecule has 1 aliphatic heterocycles. The zero-order chi connectivity index (χ0) is 33.5. The van der Waals surface area contributed by atoms with Crippen molar-refractivity contribution in [2.24, 2.45) is 4.99 Å². The molecule has 0 spiro atoms. The van der Waals surface area contributed by atoms with Crippen molar-refractivity contribution in [3.63, 3.8) is 0 Å². The molecule has 1 unspecified atom stereocenters. The van der Waals surface area contributed by atoms with Crippen LogP contribution in [0.15, 0.2) is 169 Å².